The van der Waals surface area contributed by atoms with Gasteiger partial charge in [0.15, 0.2) is 0 Å². The van der Waals surface area contributed by atoms with E-state index < -0.39 is 0 Å². The monoisotopic (exact) mass is 520 g/mol. The molecule has 1 aliphatic heterocycles. The maximum absolute atomic E-state index is 11.5. The van der Waals surface area contributed by atoms with Gasteiger partial charge in [-0.25, -0.2) is 0 Å². The van der Waals surface area contributed by atoms with E-state index in [0.717, 1.165) is 98.3 Å². The Balaban J connectivity index is 0.00000220. The number of fused-ring (bicyclic) bond motifs is 2. The zero-order valence-electron chi connectivity index (χ0n) is 21.8. The number of hydrogen-bond donors (Lipinski definition) is 2. The minimum Gasteiger partial charge on any atom is -0.494 e. The third-order valence-corrected chi connectivity index (χ3v) is 7.13. The molecule has 8 nitrogen and oxygen atoms in total. The van der Waals surface area contributed by atoms with Crippen LogP contribution >= 0.6 is 0 Å². The lowest BCUT2D eigenvalue weighted by molar-refractivity contribution is 0.126. The Morgan fingerprint density at radius 1 is 0.605 bits per heavy atom. The number of ether oxygens (including phenoxy) is 2. The van der Waals surface area contributed by atoms with Crippen molar-refractivity contribution in [3.8, 4) is 11.5 Å². The number of piperazine rings is 1. The highest BCUT2D eigenvalue weighted by molar-refractivity contribution is 5.80. The SMILES string of the molecule is O=c1ccc2ccc(OCCCCN3CCN(CCCCOc4ccc5ccc(=O)[nH]c5c4)CC3)cc2[nH]1.[HH].[HH]. The molecule has 0 saturated carbocycles. The van der Waals surface area contributed by atoms with E-state index in [4.69, 9.17) is 9.47 Å². The van der Waals surface area contributed by atoms with Crippen molar-refractivity contribution in [1.29, 1.82) is 0 Å². The first kappa shape index (κ1) is 26.0. The third-order valence-electron chi connectivity index (χ3n) is 7.13. The fraction of sp³-hybridized carbons (Fsp3) is 0.400. The van der Waals surface area contributed by atoms with Gasteiger partial charge < -0.3 is 29.2 Å². The topological polar surface area (TPSA) is 90.7 Å². The molecule has 0 aliphatic carbocycles. The Labute approximate surface area is 225 Å². The number of unbranched alkanes of at least 4 members (excludes halogenated alkanes) is 2. The van der Waals surface area contributed by atoms with Gasteiger partial charge >= 0.3 is 0 Å². The second-order valence-corrected chi connectivity index (χ2v) is 9.94. The third kappa shape index (κ3) is 7.24. The maximum Gasteiger partial charge on any atom is 0.248 e. The number of aromatic amines is 2. The lowest BCUT2D eigenvalue weighted by atomic mass is 10.2. The molecule has 5 rings (SSSR count). The molecule has 0 radical (unpaired) electrons. The van der Waals surface area contributed by atoms with Crippen LogP contribution < -0.4 is 20.6 Å². The van der Waals surface area contributed by atoms with E-state index in [9.17, 15) is 9.59 Å². The molecule has 0 amide bonds. The number of H-pyrrole nitrogens is 2. The van der Waals surface area contributed by atoms with Crippen molar-refractivity contribution < 1.29 is 12.3 Å². The zero-order valence-corrected chi connectivity index (χ0v) is 21.8. The van der Waals surface area contributed by atoms with E-state index in [1.54, 1.807) is 0 Å². The van der Waals surface area contributed by atoms with Crippen LogP contribution in [0.15, 0.2) is 70.3 Å². The van der Waals surface area contributed by atoms with Crippen molar-refractivity contribution in [3.05, 3.63) is 81.4 Å². The summed E-state index contributed by atoms with van der Waals surface area (Å²) in [6.07, 6.45) is 4.25. The largest absolute Gasteiger partial charge is 0.494 e. The molecule has 0 bridgehead atoms. The van der Waals surface area contributed by atoms with Crippen molar-refractivity contribution >= 4 is 21.8 Å². The number of nitrogens with zero attached hydrogens (tertiary/aromatic N) is 2. The maximum atomic E-state index is 11.5. The van der Waals surface area contributed by atoms with Gasteiger partial charge in [0.25, 0.3) is 0 Å². The van der Waals surface area contributed by atoms with Crippen molar-refractivity contribution in [2.45, 2.75) is 25.7 Å². The lowest BCUT2D eigenvalue weighted by Gasteiger charge is -2.34. The van der Waals surface area contributed by atoms with Gasteiger partial charge in [-0.1, -0.05) is 0 Å². The number of pyridine rings is 2. The molecule has 2 aromatic heterocycles. The van der Waals surface area contributed by atoms with E-state index in [-0.39, 0.29) is 14.0 Å². The van der Waals surface area contributed by atoms with Crippen LogP contribution in [0.25, 0.3) is 21.8 Å². The predicted molar refractivity (Wildman–Crippen MR) is 156 cm³/mol. The average molecular weight is 521 g/mol. The molecule has 1 fully saturated rings. The van der Waals surface area contributed by atoms with Crippen LogP contribution in [0.5, 0.6) is 11.5 Å². The summed E-state index contributed by atoms with van der Waals surface area (Å²) < 4.78 is 11.8. The Morgan fingerprint density at radius 3 is 1.47 bits per heavy atom. The molecule has 0 spiro atoms. The number of aromatic nitrogens is 2. The highest BCUT2D eigenvalue weighted by Crippen LogP contribution is 2.19. The van der Waals surface area contributed by atoms with Crippen molar-refractivity contribution in [1.82, 2.24) is 19.8 Å². The zero-order chi connectivity index (χ0) is 26.2. The van der Waals surface area contributed by atoms with Crippen LogP contribution in [0.3, 0.4) is 0 Å². The van der Waals surface area contributed by atoms with Gasteiger partial charge in [-0.2, -0.15) is 0 Å². The second-order valence-electron chi connectivity index (χ2n) is 9.94. The minimum atomic E-state index is -0.0962. The Morgan fingerprint density at radius 2 is 1.03 bits per heavy atom. The predicted octanol–water partition coefficient (Wildman–Crippen LogP) is 4.50. The smallest absolute Gasteiger partial charge is 0.248 e. The molecule has 8 heteroatoms. The molecular weight excluding hydrogens is 480 g/mol. The molecule has 3 heterocycles. The number of rotatable bonds is 12. The van der Waals surface area contributed by atoms with Crippen LogP contribution in [-0.4, -0.2) is 72.3 Å². The molecule has 1 saturated heterocycles. The van der Waals surface area contributed by atoms with Gasteiger partial charge in [0.2, 0.25) is 11.1 Å². The molecule has 204 valence electrons. The molecule has 4 aromatic rings. The fourth-order valence-corrected chi connectivity index (χ4v) is 4.93. The van der Waals surface area contributed by atoms with E-state index in [1.165, 1.54) is 12.1 Å². The van der Waals surface area contributed by atoms with Crippen molar-refractivity contribution in [3.63, 3.8) is 0 Å². The number of nitrogens with one attached hydrogen (secondary N) is 2. The molecule has 2 aromatic carbocycles. The molecule has 38 heavy (non-hydrogen) atoms. The molecule has 2 N–H and O–H groups in total. The molecule has 0 atom stereocenters. The standard InChI is InChI=1S/C30H36N4O4.2H2/c35-29-11-7-23-5-9-25(21-27(23)31-29)37-19-3-1-13-33-15-17-34(18-16-33)14-2-4-20-38-26-10-6-24-8-12-30(36)32-28(24)22-26;;/h5-12,21-22H,1-4,13-20H2,(H,31,35)(H,32,36);2*1H. The van der Waals surface area contributed by atoms with E-state index in [1.807, 2.05) is 48.5 Å². The Bertz CT molecular complexity index is 1360. The first-order chi connectivity index (χ1) is 18.6. The first-order valence-corrected chi connectivity index (χ1v) is 13.6. The van der Waals surface area contributed by atoms with Crippen LogP contribution in [0.1, 0.15) is 28.5 Å². The van der Waals surface area contributed by atoms with Gasteiger partial charge in [-0.3, -0.25) is 9.59 Å². The summed E-state index contributed by atoms with van der Waals surface area (Å²) in [6, 6.07) is 18.4. The summed E-state index contributed by atoms with van der Waals surface area (Å²) in [6.45, 7) is 8.04. The molecule has 1 aliphatic rings. The van der Waals surface area contributed by atoms with E-state index in [2.05, 4.69) is 19.8 Å². The van der Waals surface area contributed by atoms with Gasteiger partial charge in [0, 0.05) is 53.3 Å². The average Bonchev–Trinajstić information content (AvgIpc) is 2.93. The van der Waals surface area contributed by atoms with Gasteiger partial charge in [0.05, 0.1) is 24.2 Å². The Hall–Kier alpha value is -3.62. The molecule has 0 unspecified atom stereocenters. The van der Waals surface area contributed by atoms with Crippen LogP contribution in [-0.2, 0) is 0 Å². The Kier molecular flexibility index (Phi) is 8.73. The summed E-state index contributed by atoms with van der Waals surface area (Å²) in [5.74, 6) is 1.60. The summed E-state index contributed by atoms with van der Waals surface area (Å²) in [5.41, 5.74) is 1.43. The van der Waals surface area contributed by atoms with Crippen molar-refractivity contribution in [2.75, 3.05) is 52.5 Å². The number of hydrogen-bond acceptors (Lipinski definition) is 6. The minimum absolute atomic E-state index is 0. The summed E-state index contributed by atoms with van der Waals surface area (Å²) >= 11 is 0. The number of benzene rings is 2. The summed E-state index contributed by atoms with van der Waals surface area (Å²) in [7, 11) is 0. The quantitative estimate of drug-likeness (QED) is 0.268. The van der Waals surface area contributed by atoms with Crippen LogP contribution in [0, 0.1) is 0 Å². The van der Waals surface area contributed by atoms with Gasteiger partial charge in [-0.05, 0) is 85.9 Å². The summed E-state index contributed by atoms with van der Waals surface area (Å²) in [5, 5.41) is 2.01. The normalized spacial score (nSPS) is 14.7. The molecular formula is C30H40N4O4. The lowest BCUT2D eigenvalue weighted by Crippen LogP contribution is -2.46. The first-order valence-electron chi connectivity index (χ1n) is 13.6. The second kappa shape index (κ2) is 12.8. The summed E-state index contributed by atoms with van der Waals surface area (Å²) in [4.78, 5) is 33.8. The van der Waals surface area contributed by atoms with E-state index in [0.29, 0.717) is 13.2 Å². The van der Waals surface area contributed by atoms with Gasteiger partial charge in [-0.15, -0.1) is 0 Å². The van der Waals surface area contributed by atoms with Gasteiger partial charge in [0.1, 0.15) is 11.5 Å². The highest BCUT2D eigenvalue weighted by Gasteiger charge is 2.15. The van der Waals surface area contributed by atoms with E-state index >= 15 is 0 Å². The van der Waals surface area contributed by atoms with Crippen LogP contribution in [0.4, 0.5) is 0 Å². The van der Waals surface area contributed by atoms with Crippen LogP contribution in [0.2, 0.25) is 0 Å². The van der Waals surface area contributed by atoms with Crippen molar-refractivity contribution in [2.24, 2.45) is 0 Å². The highest BCUT2D eigenvalue weighted by atomic mass is 16.5. The fourth-order valence-electron chi connectivity index (χ4n) is 4.93.